The molecule has 0 heterocycles. The number of nitrogens with one attached hydrogen (secondary N) is 3. The van der Waals surface area contributed by atoms with Gasteiger partial charge in [-0.15, -0.1) is 0 Å². The largest absolute Gasteiger partial charge is 0.444 e. The molecular weight excluding hydrogens is 344 g/mol. The molecule has 0 aromatic heterocycles. The van der Waals surface area contributed by atoms with Crippen molar-refractivity contribution < 1.29 is 14.3 Å². The topological polar surface area (TPSA) is 84.0 Å². The summed E-state index contributed by atoms with van der Waals surface area (Å²) in [5.74, 6) is 0.729. The SMILES string of the molecule is CCNC(=NCC(OC)c1ccccc1)NCCCNC(=O)OC(C)(C)C. The number of guanidine groups is 1. The number of carbonyl (C=O) groups is 1. The maximum Gasteiger partial charge on any atom is 0.407 e. The van der Waals surface area contributed by atoms with Crippen LogP contribution in [0.3, 0.4) is 0 Å². The van der Waals surface area contributed by atoms with Gasteiger partial charge in [-0.25, -0.2) is 4.79 Å². The number of aliphatic imine (C=N–C) groups is 1. The predicted octanol–water partition coefficient (Wildman–Crippen LogP) is 2.84. The standard InChI is InChI=1S/C20H34N4O3/c1-6-21-18(22-13-10-14-23-19(25)27-20(2,3)4)24-15-17(26-5)16-11-8-7-9-12-16/h7-9,11-12,17H,6,10,13-15H2,1-5H3,(H,23,25)(H2,21,22,24). The Balaban J connectivity index is 2.40. The van der Waals surface area contributed by atoms with Gasteiger partial charge in [0.15, 0.2) is 5.96 Å². The molecule has 0 aliphatic carbocycles. The molecule has 0 aliphatic rings. The molecule has 27 heavy (non-hydrogen) atoms. The number of hydrogen-bond donors (Lipinski definition) is 3. The van der Waals surface area contributed by atoms with Crippen molar-refractivity contribution in [2.24, 2.45) is 4.99 Å². The second-order valence-corrected chi connectivity index (χ2v) is 7.06. The highest BCUT2D eigenvalue weighted by atomic mass is 16.6. The molecule has 3 N–H and O–H groups in total. The van der Waals surface area contributed by atoms with E-state index in [9.17, 15) is 4.79 Å². The zero-order chi connectivity index (χ0) is 20.1. The van der Waals surface area contributed by atoms with Crippen LogP contribution in [-0.4, -0.2) is 50.9 Å². The highest BCUT2D eigenvalue weighted by molar-refractivity contribution is 5.79. The quantitative estimate of drug-likeness (QED) is 0.350. The van der Waals surface area contributed by atoms with Gasteiger partial charge < -0.3 is 25.4 Å². The second-order valence-electron chi connectivity index (χ2n) is 7.06. The molecule has 1 rings (SSSR count). The number of alkyl carbamates (subject to hydrolysis) is 1. The lowest BCUT2D eigenvalue weighted by Crippen LogP contribution is -2.39. The molecule has 7 heteroatoms. The molecule has 7 nitrogen and oxygen atoms in total. The van der Waals surface area contributed by atoms with Crippen molar-refractivity contribution in [3.8, 4) is 0 Å². The Morgan fingerprint density at radius 1 is 1.11 bits per heavy atom. The Bertz CT molecular complexity index is 570. The van der Waals surface area contributed by atoms with E-state index in [0.29, 0.717) is 19.6 Å². The van der Waals surface area contributed by atoms with E-state index in [2.05, 4.69) is 20.9 Å². The lowest BCUT2D eigenvalue weighted by atomic mass is 10.1. The summed E-state index contributed by atoms with van der Waals surface area (Å²) >= 11 is 0. The second kappa shape index (κ2) is 12.2. The van der Waals surface area contributed by atoms with Crippen LogP contribution in [0.1, 0.15) is 45.8 Å². The molecule has 1 aromatic carbocycles. The zero-order valence-corrected chi connectivity index (χ0v) is 17.2. The number of ether oxygens (including phenoxy) is 2. The van der Waals surface area contributed by atoms with Gasteiger partial charge in [0, 0.05) is 26.7 Å². The van der Waals surface area contributed by atoms with Crippen LogP contribution in [-0.2, 0) is 9.47 Å². The van der Waals surface area contributed by atoms with Gasteiger partial charge in [-0.3, -0.25) is 4.99 Å². The molecule has 0 aliphatic heterocycles. The number of rotatable bonds is 9. The minimum absolute atomic E-state index is 0.0875. The summed E-state index contributed by atoms with van der Waals surface area (Å²) in [6, 6.07) is 10.0. The third-order valence-electron chi connectivity index (χ3n) is 3.53. The van der Waals surface area contributed by atoms with Gasteiger partial charge in [0.05, 0.1) is 6.54 Å². The van der Waals surface area contributed by atoms with Crippen molar-refractivity contribution in [2.75, 3.05) is 33.3 Å². The van der Waals surface area contributed by atoms with E-state index in [1.54, 1.807) is 7.11 Å². The molecule has 1 amide bonds. The van der Waals surface area contributed by atoms with E-state index < -0.39 is 11.7 Å². The number of benzene rings is 1. The van der Waals surface area contributed by atoms with E-state index in [4.69, 9.17) is 9.47 Å². The van der Waals surface area contributed by atoms with Crippen LogP contribution >= 0.6 is 0 Å². The van der Waals surface area contributed by atoms with Gasteiger partial charge >= 0.3 is 6.09 Å². The number of carbonyl (C=O) groups excluding carboxylic acids is 1. The van der Waals surface area contributed by atoms with E-state index in [-0.39, 0.29) is 6.10 Å². The Morgan fingerprint density at radius 2 is 1.78 bits per heavy atom. The van der Waals surface area contributed by atoms with Crippen molar-refractivity contribution in [1.82, 2.24) is 16.0 Å². The average molecular weight is 379 g/mol. The number of methoxy groups -OCH3 is 1. The minimum atomic E-state index is -0.482. The number of amides is 1. The van der Waals surface area contributed by atoms with Gasteiger partial charge in [-0.2, -0.15) is 0 Å². The first-order chi connectivity index (χ1) is 12.9. The van der Waals surface area contributed by atoms with Gasteiger partial charge in [-0.05, 0) is 39.7 Å². The molecule has 0 bridgehead atoms. The fourth-order valence-electron chi connectivity index (χ4n) is 2.30. The summed E-state index contributed by atoms with van der Waals surface area (Å²) in [5.41, 5.74) is 0.616. The molecule has 152 valence electrons. The maximum atomic E-state index is 11.6. The summed E-state index contributed by atoms with van der Waals surface area (Å²) in [7, 11) is 1.69. The molecule has 0 saturated heterocycles. The van der Waals surface area contributed by atoms with Crippen LogP contribution in [0.15, 0.2) is 35.3 Å². The smallest absolute Gasteiger partial charge is 0.407 e. The van der Waals surface area contributed by atoms with Crippen LogP contribution in [0.5, 0.6) is 0 Å². The third kappa shape index (κ3) is 10.5. The van der Waals surface area contributed by atoms with E-state index >= 15 is 0 Å². The van der Waals surface area contributed by atoms with Crippen LogP contribution < -0.4 is 16.0 Å². The third-order valence-corrected chi connectivity index (χ3v) is 3.53. The van der Waals surface area contributed by atoms with Gasteiger partial charge in [-0.1, -0.05) is 30.3 Å². The molecule has 0 radical (unpaired) electrons. The monoisotopic (exact) mass is 378 g/mol. The number of nitrogens with zero attached hydrogens (tertiary/aromatic N) is 1. The van der Waals surface area contributed by atoms with Crippen molar-refractivity contribution in [3.05, 3.63) is 35.9 Å². The summed E-state index contributed by atoms with van der Waals surface area (Å²) in [6.07, 6.45) is 0.278. The Kier molecular flexibility index (Phi) is 10.3. The predicted molar refractivity (Wildman–Crippen MR) is 109 cm³/mol. The minimum Gasteiger partial charge on any atom is -0.444 e. The molecular formula is C20H34N4O3. The highest BCUT2D eigenvalue weighted by Crippen LogP contribution is 2.16. The van der Waals surface area contributed by atoms with E-state index in [0.717, 1.165) is 24.5 Å². The van der Waals surface area contributed by atoms with Crippen LogP contribution in [0.25, 0.3) is 0 Å². The molecule has 0 saturated carbocycles. The summed E-state index contributed by atoms with van der Waals surface area (Å²) in [6.45, 7) is 10.1. The molecule has 1 aromatic rings. The van der Waals surface area contributed by atoms with Gasteiger partial charge in [0.2, 0.25) is 0 Å². The molecule has 0 spiro atoms. The first kappa shape index (κ1) is 22.8. The Morgan fingerprint density at radius 3 is 2.37 bits per heavy atom. The average Bonchev–Trinajstić information content (AvgIpc) is 2.61. The Labute approximate surface area is 162 Å². The maximum absolute atomic E-state index is 11.6. The number of hydrogen-bond acceptors (Lipinski definition) is 4. The van der Waals surface area contributed by atoms with Gasteiger partial charge in [0.25, 0.3) is 0 Å². The van der Waals surface area contributed by atoms with Crippen LogP contribution in [0.2, 0.25) is 0 Å². The van der Waals surface area contributed by atoms with Gasteiger partial charge in [0.1, 0.15) is 11.7 Å². The first-order valence-corrected chi connectivity index (χ1v) is 9.42. The van der Waals surface area contributed by atoms with Crippen LogP contribution in [0, 0.1) is 0 Å². The summed E-state index contributed by atoms with van der Waals surface area (Å²) in [5, 5.41) is 9.22. The summed E-state index contributed by atoms with van der Waals surface area (Å²) in [4.78, 5) is 16.2. The lowest BCUT2D eigenvalue weighted by molar-refractivity contribution is 0.0527. The van der Waals surface area contributed by atoms with Crippen molar-refractivity contribution in [3.63, 3.8) is 0 Å². The summed E-state index contributed by atoms with van der Waals surface area (Å²) < 4.78 is 10.8. The fourth-order valence-corrected chi connectivity index (χ4v) is 2.30. The normalized spacial score (nSPS) is 13.0. The fraction of sp³-hybridized carbons (Fsp3) is 0.600. The van der Waals surface area contributed by atoms with E-state index in [1.807, 2.05) is 58.0 Å². The van der Waals surface area contributed by atoms with Crippen LogP contribution in [0.4, 0.5) is 4.79 Å². The zero-order valence-electron chi connectivity index (χ0n) is 17.2. The van der Waals surface area contributed by atoms with E-state index in [1.165, 1.54) is 0 Å². The van der Waals surface area contributed by atoms with Crippen molar-refractivity contribution in [1.29, 1.82) is 0 Å². The Hall–Kier alpha value is -2.28. The van der Waals surface area contributed by atoms with Crippen molar-refractivity contribution >= 4 is 12.1 Å². The molecule has 1 atom stereocenters. The molecule has 1 unspecified atom stereocenters. The first-order valence-electron chi connectivity index (χ1n) is 9.42. The molecule has 0 fully saturated rings. The van der Waals surface area contributed by atoms with Crippen molar-refractivity contribution in [2.45, 2.75) is 45.8 Å². The highest BCUT2D eigenvalue weighted by Gasteiger charge is 2.15. The lowest BCUT2D eigenvalue weighted by Gasteiger charge is -2.19.